The number of urea groups is 1. The van der Waals surface area contributed by atoms with E-state index in [2.05, 4.69) is 20.5 Å². The van der Waals surface area contributed by atoms with Crippen molar-refractivity contribution in [2.45, 2.75) is 31.6 Å². The van der Waals surface area contributed by atoms with Crippen LogP contribution in [-0.4, -0.2) is 58.5 Å². The molecule has 3 amide bonds. The molecule has 9 nitrogen and oxygen atoms in total. The van der Waals surface area contributed by atoms with Gasteiger partial charge < -0.3 is 10.2 Å². The summed E-state index contributed by atoms with van der Waals surface area (Å²) in [7, 11) is 0. The summed E-state index contributed by atoms with van der Waals surface area (Å²) in [6.07, 6.45) is -2.37. The molecule has 0 aliphatic carbocycles. The van der Waals surface area contributed by atoms with E-state index in [1.807, 2.05) is 10.2 Å². The fourth-order valence-electron chi connectivity index (χ4n) is 3.45. The molecule has 0 spiro atoms. The number of alkyl halides is 3. The lowest BCUT2D eigenvalue weighted by Crippen LogP contribution is -2.49. The quantitative estimate of drug-likeness (QED) is 0.720. The molecule has 3 N–H and O–H groups in total. The molecule has 29 heavy (non-hydrogen) atoms. The van der Waals surface area contributed by atoms with Gasteiger partial charge in [0.05, 0.1) is 17.9 Å². The predicted molar refractivity (Wildman–Crippen MR) is 97.9 cm³/mol. The molecule has 2 aromatic heterocycles. The minimum atomic E-state index is -4.56. The highest BCUT2D eigenvalue weighted by atomic mass is 19.4. The topological polar surface area (TPSA) is 106 Å². The van der Waals surface area contributed by atoms with Crippen molar-refractivity contribution in [1.82, 2.24) is 20.5 Å². The highest BCUT2D eigenvalue weighted by molar-refractivity contribution is 6.05. The maximum Gasteiger partial charge on any atom is 0.408 e. The minimum Gasteiger partial charge on any atom is -0.366 e. The van der Waals surface area contributed by atoms with E-state index in [0.29, 0.717) is 31.0 Å². The van der Waals surface area contributed by atoms with Crippen LogP contribution in [0.2, 0.25) is 0 Å². The first kappa shape index (κ1) is 19.0. The van der Waals surface area contributed by atoms with Crippen molar-refractivity contribution in [1.29, 1.82) is 0 Å². The van der Waals surface area contributed by atoms with Gasteiger partial charge in [-0.2, -0.15) is 18.3 Å². The van der Waals surface area contributed by atoms with Crippen LogP contribution in [0.15, 0.2) is 24.4 Å². The third kappa shape index (κ3) is 3.57. The second kappa shape index (κ2) is 6.94. The summed E-state index contributed by atoms with van der Waals surface area (Å²) >= 11 is 0. The standard InChI is InChI=1S/C17H18F3N7O2/c1-9(17(18,19)20)22-15(28)11-2-3-12-14(23-11)27(10-5-7-26(12)8-10)16(29)24-13-4-6-21-25-13/h2-4,6,9-10H,5,7-8H2,1H3,(H,22,28)(H2,21,24,25,29)/t9-,10+/m1/s1. The molecule has 2 aliphatic rings. The summed E-state index contributed by atoms with van der Waals surface area (Å²) in [6, 6.07) is 1.90. The van der Waals surface area contributed by atoms with Gasteiger partial charge in [0.25, 0.3) is 5.91 Å². The lowest BCUT2D eigenvalue weighted by atomic mass is 10.1. The van der Waals surface area contributed by atoms with Crippen LogP contribution in [0.5, 0.6) is 0 Å². The Morgan fingerprint density at radius 2 is 2.10 bits per heavy atom. The monoisotopic (exact) mass is 409 g/mol. The summed E-state index contributed by atoms with van der Waals surface area (Å²) in [4.78, 5) is 32.9. The van der Waals surface area contributed by atoms with Gasteiger partial charge in [-0.1, -0.05) is 0 Å². The molecule has 2 aromatic rings. The number of halogens is 3. The van der Waals surface area contributed by atoms with E-state index >= 15 is 0 Å². The maximum atomic E-state index is 12.9. The zero-order valence-corrected chi connectivity index (χ0v) is 15.3. The molecule has 2 atom stereocenters. The molecule has 0 aromatic carbocycles. The Labute approximate surface area is 163 Å². The van der Waals surface area contributed by atoms with Crippen molar-refractivity contribution in [3.63, 3.8) is 0 Å². The lowest BCUT2D eigenvalue weighted by molar-refractivity contribution is -0.149. The number of anilines is 3. The van der Waals surface area contributed by atoms with Crippen molar-refractivity contribution in [3.8, 4) is 0 Å². The molecule has 12 heteroatoms. The van der Waals surface area contributed by atoms with Crippen molar-refractivity contribution in [2.75, 3.05) is 28.2 Å². The number of amides is 3. The van der Waals surface area contributed by atoms with E-state index in [1.54, 1.807) is 12.1 Å². The third-order valence-corrected chi connectivity index (χ3v) is 4.98. The van der Waals surface area contributed by atoms with Crippen molar-refractivity contribution < 1.29 is 22.8 Å². The largest absolute Gasteiger partial charge is 0.408 e. The van der Waals surface area contributed by atoms with Gasteiger partial charge in [0.15, 0.2) is 5.82 Å². The SMILES string of the molecule is C[C@@H](NC(=O)c1ccc2c(n1)N(C(=O)Nc1ccn[nH]1)[C@H]1CCN2C1)C(F)(F)F. The molecule has 0 radical (unpaired) electrons. The first-order valence-corrected chi connectivity index (χ1v) is 8.97. The minimum absolute atomic E-state index is 0.162. The summed E-state index contributed by atoms with van der Waals surface area (Å²) < 4.78 is 38.2. The highest BCUT2D eigenvalue weighted by Crippen LogP contribution is 2.39. The van der Waals surface area contributed by atoms with Gasteiger partial charge in [-0.3, -0.25) is 20.1 Å². The number of nitrogens with zero attached hydrogens (tertiary/aromatic N) is 4. The van der Waals surface area contributed by atoms with Crippen LogP contribution in [0.4, 0.5) is 35.3 Å². The molecule has 2 aliphatic heterocycles. The molecule has 4 heterocycles. The van der Waals surface area contributed by atoms with Gasteiger partial charge in [0, 0.05) is 19.2 Å². The molecule has 0 unspecified atom stereocenters. The smallest absolute Gasteiger partial charge is 0.366 e. The highest BCUT2D eigenvalue weighted by Gasteiger charge is 2.41. The van der Waals surface area contributed by atoms with E-state index in [1.165, 1.54) is 17.2 Å². The number of pyridine rings is 1. The number of H-pyrrole nitrogens is 1. The number of rotatable bonds is 3. The fourth-order valence-corrected chi connectivity index (χ4v) is 3.45. The Hall–Kier alpha value is -3.31. The van der Waals surface area contributed by atoms with E-state index in [0.717, 1.165) is 6.92 Å². The van der Waals surface area contributed by atoms with E-state index in [-0.39, 0.29) is 17.6 Å². The molecule has 0 saturated carbocycles. The third-order valence-electron chi connectivity index (χ3n) is 4.98. The van der Waals surface area contributed by atoms with Crippen LogP contribution in [0, 0.1) is 0 Å². The fraction of sp³-hybridized carbons (Fsp3) is 0.412. The Balaban J connectivity index is 1.63. The van der Waals surface area contributed by atoms with Crippen LogP contribution in [0.3, 0.4) is 0 Å². The molecular weight excluding hydrogens is 391 g/mol. The van der Waals surface area contributed by atoms with Gasteiger partial charge in [-0.25, -0.2) is 9.78 Å². The lowest BCUT2D eigenvalue weighted by Gasteiger charge is -2.35. The van der Waals surface area contributed by atoms with Gasteiger partial charge in [0.2, 0.25) is 0 Å². The van der Waals surface area contributed by atoms with Crippen molar-refractivity contribution in [2.24, 2.45) is 0 Å². The Morgan fingerprint density at radius 1 is 1.31 bits per heavy atom. The van der Waals surface area contributed by atoms with Gasteiger partial charge in [-0.05, 0) is 25.5 Å². The van der Waals surface area contributed by atoms with Crippen molar-refractivity contribution in [3.05, 3.63) is 30.1 Å². The molecule has 4 rings (SSSR count). The first-order valence-electron chi connectivity index (χ1n) is 8.97. The number of fused-ring (bicyclic) bond motifs is 4. The van der Waals surface area contributed by atoms with Crippen LogP contribution < -0.4 is 20.4 Å². The Kier molecular flexibility index (Phi) is 4.55. The van der Waals surface area contributed by atoms with Gasteiger partial charge >= 0.3 is 12.2 Å². The second-order valence-electron chi connectivity index (χ2n) is 6.93. The summed E-state index contributed by atoms with van der Waals surface area (Å²) in [5, 5.41) is 11.0. The molecule has 154 valence electrons. The summed E-state index contributed by atoms with van der Waals surface area (Å²) in [5.74, 6) is -0.326. The summed E-state index contributed by atoms with van der Waals surface area (Å²) in [6.45, 7) is 2.18. The first-order chi connectivity index (χ1) is 13.7. The van der Waals surface area contributed by atoms with Crippen LogP contribution in [0.25, 0.3) is 0 Å². The molecule has 1 saturated heterocycles. The Bertz CT molecular complexity index is 932. The van der Waals surface area contributed by atoms with Crippen LogP contribution in [-0.2, 0) is 0 Å². The normalized spacial score (nSPS) is 19.0. The summed E-state index contributed by atoms with van der Waals surface area (Å²) in [5.41, 5.74) is 0.459. The number of carbonyl (C=O) groups excluding carboxylic acids is 2. The number of aromatic nitrogens is 3. The van der Waals surface area contributed by atoms with E-state index < -0.39 is 24.2 Å². The number of nitrogens with one attached hydrogen (secondary N) is 3. The second-order valence-corrected chi connectivity index (χ2v) is 6.93. The number of carbonyl (C=O) groups is 2. The average Bonchev–Trinajstić information content (AvgIpc) is 3.31. The zero-order valence-electron chi connectivity index (χ0n) is 15.3. The average molecular weight is 409 g/mol. The van der Waals surface area contributed by atoms with Crippen molar-refractivity contribution >= 4 is 29.3 Å². The zero-order chi connectivity index (χ0) is 20.8. The van der Waals surface area contributed by atoms with Gasteiger partial charge in [-0.15, -0.1) is 0 Å². The molecule has 1 fully saturated rings. The van der Waals surface area contributed by atoms with Gasteiger partial charge in [0.1, 0.15) is 17.6 Å². The molecular formula is C17H18F3N7O2. The van der Waals surface area contributed by atoms with Crippen LogP contribution >= 0.6 is 0 Å². The molecule has 2 bridgehead atoms. The predicted octanol–water partition coefficient (Wildman–Crippen LogP) is 2.12. The number of hydrogen-bond acceptors (Lipinski definition) is 5. The van der Waals surface area contributed by atoms with E-state index in [9.17, 15) is 22.8 Å². The van der Waals surface area contributed by atoms with E-state index in [4.69, 9.17) is 0 Å². The number of hydrogen-bond donors (Lipinski definition) is 3. The Morgan fingerprint density at radius 3 is 2.79 bits per heavy atom. The maximum absolute atomic E-state index is 12.9. The van der Waals surface area contributed by atoms with Crippen LogP contribution in [0.1, 0.15) is 23.8 Å². The number of aromatic amines is 1.